The number of hydrogen-bond acceptors (Lipinski definition) is 7. The predicted molar refractivity (Wildman–Crippen MR) is 217 cm³/mol. The number of aliphatic carboxylic acids is 1. The van der Waals surface area contributed by atoms with E-state index in [1.54, 1.807) is 21.1 Å². The molecule has 0 aromatic heterocycles. The number of likely N-dealkylation sites (N-methyl/N-ethyl adjacent to an activating group) is 1. The second-order valence-corrected chi connectivity index (χ2v) is 14.5. The molecular formula is C45H75NO7. The summed E-state index contributed by atoms with van der Waals surface area (Å²) in [5.41, 5.74) is 0. The second kappa shape index (κ2) is 35.8. The monoisotopic (exact) mass is 742 g/mol. The van der Waals surface area contributed by atoms with Crippen molar-refractivity contribution in [3.05, 3.63) is 72.9 Å². The van der Waals surface area contributed by atoms with Crippen molar-refractivity contribution >= 4 is 17.9 Å². The Labute approximate surface area is 323 Å². The van der Waals surface area contributed by atoms with Gasteiger partial charge in [-0.2, -0.15) is 0 Å². The van der Waals surface area contributed by atoms with Crippen molar-refractivity contribution in [3.8, 4) is 0 Å². The summed E-state index contributed by atoms with van der Waals surface area (Å²) < 4.78 is 17.0. The van der Waals surface area contributed by atoms with Crippen molar-refractivity contribution in [1.82, 2.24) is 0 Å². The van der Waals surface area contributed by atoms with E-state index < -0.39 is 18.1 Å². The topological polar surface area (TPSA) is 102 Å². The van der Waals surface area contributed by atoms with Crippen molar-refractivity contribution in [3.63, 3.8) is 0 Å². The van der Waals surface area contributed by atoms with Crippen LogP contribution in [0.2, 0.25) is 0 Å². The molecule has 0 heterocycles. The molecule has 302 valence electrons. The van der Waals surface area contributed by atoms with Crippen molar-refractivity contribution in [2.75, 3.05) is 41.0 Å². The van der Waals surface area contributed by atoms with Crippen molar-refractivity contribution in [2.24, 2.45) is 0 Å². The van der Waals surface area contributed by atoms with Crippen LogP contribution >= 0.6 is 0 Å². The number of ether oxygens (including phenoxy) is 3. The lowest BCUT2D eigenvalue weighted by Crippen LogP contribution is -2.55. The molecule has 0 saturated carbocycles. The Morgan fingerprint density at radius 3 is 1.62 bits per heavy atom. The van der Waals surface area contributed by atoms with Gasteiger partial charge in [0.25, 0.3) is 0 Å². The zero-order valence-electron chi connectivity index (χ0n) is 34.2. The van der Waals surface area contributed by atoms with Gasteiger partial charge in [0.15, 0.2) is 6.10 Å². The molecule has 0 bridgehead atoms. The molecule has 0 amide bonds. The van der Waals surface area contributed by atoms with E-state index in [0.29, 0.717) is 6.42 Å². The number of allylic oxidation sites excluding steroid dienone is 12. The van der Waals surface area contributed by atoms with Crippen LogP contribution in [0.25, 0.3) is 0 Å². The van der Waals surface area contributed by atoms with Gasteiger partial charge in [0, 0.05) is 19.3 Å². The van der Waals surface area contributed by atoms with Gasteiger partial charge in [0.1, 0.15) is 12.6 Å². The Hall–Kier alpha value is -3.23. The first-order valence-electron chi connectivity index (χ1n) is 20.5. The number of carbonyl (C=O) groups excluding carboxylic acids is 3. The van der Waals surface area contributed by atoms with E-state index >= 15 is 0 Å². The lowest BCUT2D eigenvalue weighted by molar-refractivity contribution is -0.889. The van der Waals surface area contributed by atoms with Crippen molar-refractivity contribution < 1.29 is 38.2 Å². The summed E-state index contributed by atoms with van der Waals surface area (Å²) in [5.74, 6) is -1.84. The summed E-state index contributed by atoms with van der Waals surface area (Å²) in [5, 5.41) is 11.6. The van der Waals surface area contributed by atoms with Crippen LogP contribution in [0.4, 0.5) is 0 Å². The van der Waals surface area contributed by atoms with Gasteiger partial charge in [-0.3, -0.25) is 9.59 Å². The molecule has 0 aliphatic heterocycles. The molecule has 0 N–H and O–H groups in total. The van der Waals surface area contributed by atoms with E-state index in [1.165, 1.54) is 25.7 Å². The number of carboxylic acid groups (broad SMARTS) is 1. The molecule has 2 atom stereocenters. The van der Waals surface area contributed by atoms with Crippen LogP contribution in [-0.2, 0) is 28.6 Å². The van der Waals surface area contributed by atoms with E-state index in [1.807, 2.05) is 0 Å². The SMILES string of the molecule is CC/C=C/C/C=C/CCCCCCCC(=O)OC(COCCC(C(=O)[O-])[N+](C)(C)C)COC(=O)CCC/C=C/C/C=C/C/C=C/C/C=C/CCCCC. The molecule has 0 rings (SSSR count). The van der Waals surface area contributed by atoms with Gasteiger partial charge in [-0.15, -0.1) is 0 Å². The van der Waals surface area contributed by atoms with Crippen LogP contribution in [0, 0.1) is 0 Å². The number of carbonyl (C=O) groups is 3. The van der Waals surface area contributed by atoms with Gasteiger partial charge in [-0.25, -0.2) is 0 Å². The summed E-state index contributed by atoms with van der Waals surface area (Å²) in [7, 11) is 5.37. The number of unbranched alkanes of at least 4 members (excludes halogenated alkanes) is 9. The molecule has 0 aromatic carbocycles. The first-order chi connectivity index (χ1) is 25.6. The van der Waals surface area contributed by atoms with Crippen LogP contribution in [0.15, 0.2) is 72.9 Å². The third kappa shape index (κ3) is 34.3. The minimum Gasteiger partial charge on any atom is -0.544 e. The molecule has 53 heavy (non-hydrogen) atoms. The maximum absolute atomic E-state index is 12.6. The molecule has 8 heteroatoms. The van der Waals surface area contributed by atoms with Crippen LogP contribution in [0.5, 0.6) is 0 Å². The normalized spacial score (nSPS) is 13.8. The Kier molecular flexibility index (Phi) is 33.6. The van der Waals surface area contributed by atoms with E-state index in [0.717, 1.165) is 77.0 Å². The summed E-state index contributed by atoms with van der Waals surface area (Å²) in [6, 6.07) is -0.738. The molecule has 0 aliphatic carbocycles. The summed E-state index contributed by atoms with van der Waals surface area (Å²) in [6.07, 6.45) is 43.6. The maximum atomic E-state index is 12.6. The zero-order valence-corrected chi connectivity index (χ0v) is 34.2. The smallest absolute Gasteiger partial charge is 0.306 e. The lowest BCUT2D eigenvalue weighted by atomic mass is 10.1. The molecule has 0 radical (unpaired) electrons. The second-order valence-electron chi connectivity index (χ2n) is 14.5. The van der Waals surface area contributed by atoms with E-state index in [9.17, 15) is 19.5 Å². The molecular weight excluding hydrogens is 666 g/mol. The summed E-state index contributed by atoms with van der Waals surface area (Å²) in [6.45, 7) is 4.42. The molecule has 2 unspecified atom stereocenters. The molecule has 0 spiro atoms. The van der Waals surface area contributed by atoms with Crippen molar-refractivity contribution in [2.45, 2.75) is 154 Å². The summed E-state index contributed by atoms with van der Waals surface area (Å²) in [4.78, 5) is 36.7. The fourth-order valence-corrected chi connectivity index (χ4v) is 5.39. The highest BCUT2D eigenvalue weighted by Gasteiger charge is 2.25. The average molecular weight is 742 g/mol. The average Bonchev–Trinajstić information content (AvgIpc) is 3.11. The first-order valence-corrected chi connectivity index (χ1v) is 20.5. The van der Waals surface area contributed by atoms with Gasteiger partial charge >= 0.3 is 11.9 Å². The predicted octanol–water partition coefficient (Wildman–Crippen LogP) is 9.46. The van der Waals surface area contributed by atoms with Gasteiger partial charge in [-0.1, -0.05) is 119 Å². The largest absolute Gasteiger partial charge is 0.544 e. The fourth-order valence-electron chi connectivity index (χ4n) is 5.39. The Balaban J connectivity index is 4.50. The molecule has 0 saturated heterocycles. The number of rotatable bonds is 35. The van der Waals surface area contributed by atoms with Crippen LogP contribution in [-0.4, -0.2) is 75.5 Å². The summed E-state index contributed by atoms with van der Waals surface area (Å²) >= 11 is 0. The minimum absolute atomic E-state index is 0.0138. The van der Waals surface area contributed by atoms with Gasteiger partial charge < -0.3 is 28.6 Å². The molecule has 0 fully saturated rings. The Morgan fingerprint density at radius 1 is 0.585 bits per heavy atom. The van der Waals surface area contributed by atoms with Gasteiger partial charge in [0.2, 0.25) is 0 Å². The number of quaternary nitrogens is 1. The minimum atomic E-state index is -1.14. The molecule has 0 aliphatic rings. The highest BCUT2D eigenvalue weighted by molar-refractivity contribution is 5.70. The fraction of sp³-hybridized carbons (Fsp3) is 0.667. The van der Waals surface area contributed by atoms with E-state index in [4.69, 9.17) is 14.2 Å². The van der Waals surface area contributed by atoms with Crippen LogP contribution in [0.1, 0.15) is 142 Å². The quantitative estimate of drug-likeness (QED) is 0.0276. The standard InChI is InChI=1S/C45H75NO7/c1-6-8-10-12-14-16-18-20-21-22-23-24-26-27-29-31-33-35-43(47)52-40-41(39-51-38-37-42(45(49)50)46(3,4)5)53-44(48)36-34-32-30-28-25-19-17-15-13-11-9-7-2/h9,11,14-17,20-21,23-24,27,29,41-42H,6-8,10,12-13,18-19,22,25-26,28,30-40H2,1-5H3/b11-9+,16-14+,17-15+,21-20+,24-23+,29-27+. The first kappa shape index (κ1) is 49.8. The highest BCUT2D eigenvalue weighted by Crippen LogP contribution is 2.11. The molecule has 8 nitrogen and oxygen atoms in total. The third-order valence-electron chi connectivity index (χ3n) is 8.58. The Bertz CT molecular complexity index is 1100. The maximum Gasteiger partial charge on any atom is 0.306 e. The molecule has 0 aromatic rings. The number of carboxylic acids is 1. The zero-order chi connectivity index (χ0) is 39.3. The third-order valence-corrected chi connectivity index (χ3v) is 8.58. The number of nitrogens with zero attached hydrogens (tertiary/aromatic N) is 1. The highest BCUT2D eigenvalue weighted by atomic mass is 16.6. The van der Waals surface area contributed by atoms with E-state index in [2.05, 4.69) is 86.8 Å². The number of esters is 2. The Morgan fingerprint density at radius 2 is 1.08 bits per heavy atom. The lowest BCUT2D eigenvalue weighted by Gasteiger charge is -2.34. The van der Waals surface area contributed by atoms with Gasteiger partial charge in [0.05, 0.1) is 40.3 Å². The van der Waals surface area contributed by atoms with E-state index in [-0.39, 0.29) is 55.5 Å². The van der Waals surface area contributed by atoms with Crippen molar-refractivity contribution in [1.29, 1.82) is 0 Å². The van der Waals surface area contributed by atoms with Crippen LogP contribution < -0.4 is 5.11 Å². The number of hydrogen-bond donors (Lipinski definition) is 0. The van der Waals surface area contributed by atoms with Crippen LogP contribution in [0.3, 0.4) is 0 Å². The van der Waals surface area contributed by atoms with Gasteiger partial charge in [-0.05, 0) is 77.0 Å².